The predicted octanol–water partition coefficient (Wildman–Crippen LogP) is 6.60. The fourth-order valence-corrected chi connectivity index (χ4v) is 3.67. The molecule has 33 heavy (non-hydrogen) atoms. The van der Waals surface area contributed by atoms with Crippen LogP contribution < -0.4 is 19.5 Å². The first-order valence-electron chi connectivity index (χ1n) is 9.59. The molecule has 0 aromatic heterocycles. The first-order chi connectivity index (χ1) is 15.6. The molecule has 0 spiro atoms. The Hall–Kier alpha value is -2.81. The van der Waals surface area contributed by atoms with E-state index in [1.54, 1.807) is 31.4 Å². The van der Waals surface area contributed by atoms with Gasteiger partial charge in [-0.05, 0) is 36.4 Å². The summed E-state index contributed by atoms with van der Waals surface area (Å²) in [5, 5.41) is 14.2. The van der Waals surface area contributed by atoms with E-state index in [4.69, 9.17) is 32.7 Å². The molecule has 5 nitrogen and oxygen atoms in total. The Bertz CT molecular complexity index is 1130. The third kappa shape index (κ3) is 6.16. The molecule has 0 heterocycles. The monoisotopic (exact) mass is 501 g/mol. The molecule has 3 aromatic rings. The lowest BCUT2D eigenvalue weighted by Gasteiger charge is -2.20. The number of aliphatic hydroxyl groups is 1. The summed E-state index contributed by atoms with van der Waals surface area (Å²) in [4.78, 5) is 0. The van der Waals surface area contributed by atoms with E-state index in [-0.39, 0.29) is 10.6 Å². The second-order valence-electron chi connectivity index (χ2n) is 6.87. The smallest absolute Gasteiger partial charge is 0.497 e. The van der Waals surface area contributed by atoms with Gasteiger partial charge in [-0.2, -0.15) is 0 Å². The molecule has 3 aromatic carbocycles. The highest BCUT2D eigenvalue weighted by molar-refractivity contribution is 6.33. The molecule has 10 heteroatoms. The van der Waals surface area contributed by atoms with Gasteiger partial charge in [-0.3, -0.25) is 0 Å². The second-order valence-corrected chi connectivity index (χ2v) is 7.69. The zero-order valence-electron chi connectivity index (χ0n) is 17.5. The molecule has 1 unspecified atom stereocenters. The zero-order valence-corrected chi connectivity index (χ0v) is 19.1. The molecular weight excluding hydrogens is 482 g/mol. The lowest BCUT2D eigenvalue weighted by atomic mass is 9.99. The van der Waals surface area contributed by atoms with E-state index in [9.17, 15) is 18.3 Å². The van der Waals surface area contributed by atoms with Gasteiger partial charge in [-0.25, -0.2) is 0 Å². The van der Waals surface area contributed by atoms with Crippen molar-refractivity contribution in [2.24, 2.45) is 0 Å². The number of aliphatic hydroxyl groups excluding tert-OH is 1. The fraction of sp³-hybridized carbons (Fsp3) is 0.217. The van der Waals surface area contributed by atoms with Crippen LogP contribution in [0, 0.1) is 0 Å². The number of alkyl halides is 3. The summed E-state index contributed by atoms with van der Waals surface area (Å²) in [6.07, 6.45) is -6.30. The van der Waals surface area contributed by atoms with Gasteiger partial charge in [0.25, 0.3) is 0 Å². The van der Waals surface area contributed by atoms with E-state index in [2.05, 4.69) is 10.1 Å². The summed E-state index contributed by atoms with van der Waals surface area (Å²) in [6, 6.07) is 13.9. The summed E-state index contributed by atoms with van der Waals surface area (Å²) >= 11 is 12.3. The highest BCUT2D eigenvalue weighted by Crippen LogP contribution is 2.39. The molecule has 0 aliphatic heterocycles. The van der Waals surface area contributed by atoms with Crippen LogP contribution in [0.25, 0.3) is 0 Å². The Balaban J connectivity index is 1.91. The highest BCUT2D eigenvalue weighted by atomic mass is 35.5. The number of anilines is 1. The fourth-order valence-electron chi connectivity index (χ4n) is 3.22. The van der Waals surface area contributed by atoms with E-state index in [1.807, 2.05) is 6.07 Å². The number of methoxy groups -OCH3 is 2. The van der Waals surface area contributed by atoms with Crippen LogP contribution in [0.3, 0.4) is 0 Å². The van der Waals surface area contributed by atoms with Gasteiger partial charge in [0.15, 0.2) is 0 Å². The normalized spacial score (nSPS) is 12.2. The van der Waals surface area contributed by atoms with Crippen LogP contribution in [0.1, 0.15) is 22.8 Å². The largest absolute Gasteiger partial charge is 0.573 e. The summed E-state index contributed by atoms with van der Waals surface area (Å²) in [5.74, 6) is 0.618. The SMILES string of the molecule is COc1ccc(CNc2ccc(Cl)cc2C(O)c2cccc(OC(F)(F)F)c2Cl)c(OC)c1. The van der Waals surface area contributed by atoms with Gasteiger partial charge in [0.05, 0.1) is 19.2 Å². The molecule has 0 radical (unpaired) electrons. The molecule has 1 atom stereocenters. The van der Waals surface area contributed by atoms with Crippen LogP contribution in [0.15, 0.2) is 54.6 Å². The van der Waals surface area contributed by atoms with Crippen LogP contribution in [0.5, 0.6) is 17.2 Å². The molecule has 0 saturated carbocycles. The van der Waals surface area contributed by atoms with Gasteiger partial charge in [0, 0.05) is 40.0 Å². The van der Waals surface area contributed by atoms with Gasteiger partial charge >= 0.3 is 6.36 Å². The van der Waals surface area contributed by atoms with Crippen molar-refractivity contribution in [3.63, 3.8) is 0 Å². The molecular formula is C23H20Cl2F3NO4. The number of halogens is 5. The Labute approximate surface area is 198 Å². The molecule has 0 aliphatic carbocycles. The number of hydrogen-bond acceptors (Lipinski definition) is 5. The van der Waals surface area contributed by atoms with Gasteiger partial charge in [-0.15, -0.1) is 13.2 Å². The molecule has 0 bridgehead atoms. The Morgan fingerprint density at radius 3 is 2.36 bits per heavy atom. The number of rotatable bonds is 8. The van der Waals surface area contributed by atoms with Crippen molar-refractivity contribution in [1.82, 2.24) is 0 Å². The molecule has 0 aliphatic rings. The van der Waals surface area contributed by atoms with Crippen LogP contribution in [-0.2, 0) is 6.54 Å². The van der Waals surface area contributed by atoms with Gasteiger partial charge in [0.2, 0.25) is 0 Å². The maximum Gasteiger partial charge on any atom is 0.573 e. The minimum atomic E-state index is -4.92. The van der Waals surface area contributed by atoms with Crippen molar-refractivity contribution < 1.29 is 32.5 Å². The standard InChI is InChI=1S/C23H20Cl2F3NO4/c1-31-15-8-6-13(20(11-15)32-2)12-29-18-9-7-14(24)10-17(18)22(30)16-4-3-5-19(21(16)25)33-23(26,27)28/h3-11,22,29-30H,12H2,1-2H3. The first-order valence-corrected chi connectivity index (χ1v) is 10.3. The summed E-state index contributed by atoms with van der Waals surface area (Å²) in [6.45, 7) is 0.319. The number of nitrogens with one attached hydrogen (secondary N) is 1. The predicted molar refractivity (Wildman–Crippen MR) is 121 cm³/mol. The number of ether oxygens (including phenoxy) is 3. The van der Waals surface area contributed by atoms with E-state index >= 15 is 0 Å². The third-order valence-corrected chi connectivity index (χ3v) is 5.42. The highest BCUT2D eigenvalue weighted by Gasteiger charge is 2.33. The molecule has 0 saturated heterocycles. The molecule has 2 N–H and O–H groups in total. The van der Waals surface area contributed by atoms with Crippen molar-refractivity contribution in [2.75, 3.05) is 19.5 Å². The molecule has 0 fully saturated rings. The van der Waals surface area contributed by atoms with E-state index in [1.165, 1.54) is 25.3 Å². The summed E-state index contributed by atoms with van der Waals surface area (Å²) in [7, 11) is 3.09. The van der Waals surface area contributed by atoms with Crippen LogP contribution >= 0.6 is 23.2 Å². The average molecular weight is 502 g/mol. The van der Waals surface area contributed by atoms with Crippen LogP contribution in [0.4, 0.5) is 18.9 Å². The quantitative estimate of drug-likeness (QED) is 0.364. The second kappa shape index (κ2) is 10.4. The van der Waals surface area contributed by atoms with E-state index in [0.717, 1.165) is 11.6 Å². The topological polar surface area (TPSA) is 60.0 Å². The maximum atomic E-state index is 12.7. The lowest BCUT2D eigenvalue weighted by molar-refractivity contribution is -0.274. The summed E-state index contributed by atoms with van der Waals surface area (Å²) < 4.78 is 52.6. The van der Waals surface area contributed by atoms with Crippen molar-refractivity contribution in [2.45, 2.75) is 19.0 Å². The zero-order chi connectivity index (χ0) is 24.2. The van der Waals surface area contributed by atoms with Gasteiger partial charge < -0.3 is 24.6 Å². The molecule has 176 valence electrons. The summed E-state index contributed by atoms with van der Waals surface area (Å²) in [5.41, 5.74) is 1.67. The van der Waals surface area contributed by atoms with Crippen molar-refractivity contribution in [3.8, 4) is 17.2 Å². The molecule has 3 rings (SSSR count). The van der Waals surface area contributed by atoms with Gasteiger partial charge in [0.1, 0.15) is 23.4 Å². The van der Waals surface area contributed by atoms with Crippen LogP contribution in [-0.4, -0.2) is 25.7 Å². The van der Waals surface area contributed by atoms with Crippen molar-refractivity contribution in [3.05, 3.63) is 81.3 Å². The average Bonchev–Trinajstić information content (AvgIpc) is 2.78. The van der Waals surface area contributed by atoms with E-state index < -0.39 is 18.2 Å². The molecule has 0 amide bonds. The Morgan fingerprint density at radius 1 is 0.939 bits per heavy atom. The first kappa shape index (κ1) is 24.8. The minimum Gasteiger partial charge on any atom is -0.497 e. The maximum absolute atomic E-state index is 12.7. The lowest BCUT2D eigenvalue weighted by Crippen LogP contribution is -2.18. The Morgan fingerprint density at radius 2 is 1.70 bits per heavy atom. The van der Waals surface area contributed by atoms with Gasteiger partial charge in [-0.1, -0.05) is 35.3 Å². The number of hydrogen-bond donors (Lipinski definition) is 2. The number of benzene rings is 3. The van der Waals surface area contributed by atoms with E-state index in [0.29, 0.717) is 34.3 Å². The van der Waals surface area contributed by atoms with Crippen molar-refractivity contribution in [1.29, 1.82) is 0 Å². The van der Waals surface area contributed by atoms with Crippen LogP contribution in [0.2, 0.25) is 10.0 Å². The Kier molecular flexibility index (Phi) is 7.84. The van der Waals surface area contributed by atoms with Crippen molar-refractivity contribution >= 4 is 28.9 Å². The third-order valence-electron chi connectivity index (χ3n) is 4.79. The minimum absolute atomic E-state index is 0.0331.